The Morgan fingerprint density at radius 3 is 2.78 bits per heavy atom. The van der Waals surface area contributed by atoms with Crippen LogP contribution in [0.3, 0.4) is 0 Å². The average Bonchev–Trinajstić information content (AvgIpc) is 2.82. The maximum atomic E-state index is 12.5. The molecule has 1 heterocycles. The van der Waals surface area contributed by atoms with Gasteiger partial charge in [0.1, 0.15) is 6.04 Å². The minimum atomic E-state index is -0.0867. The van der Waals surface area contributed by atoms with Crippen molar-refractivity contribution in [2.24, 2.45) is 0 Å². The number of rotatable bonds is 4. The van der Waals surface area contributed by atoms with Crippen LogP contribution in [0.5, 0.6) is 0 Å². The second-order valence-corrected chi connectivity index (χ2v) is 4.94. The third-order valence-electron chi connectivity index (χ3n) is 3.82. The molecule has 1 aromatic rings. The van der Waals surface area contributed by atoms with E-state index in [2.05, 4.69) is 25.2 Å². The number of nitrogens with one attached hydrogen (secondary N) is 1. The first-order valence-corrected chi connectivity index (χ1v) is 6.82. The fraction of sp³-hybridized carbons (Fsp3) is 0.533. The van der Waals surface area contributed by atoms with E-state index in [0.29, 0.717) is 6.04 Å². The van der Waals surface area contributed by atoms with Crippen molar-refractivity contribution in [1.82, 2.24) is 4.90 Å². The summed E-state index contributed by atoms with van der Waals surface area (Å²) >= 11 is 0. The van der Waals surface area contributed by atoms with Crippen molar-refractivity contribution in [3.05, 3.63) is 29.8 Å². The van der Waals surface area contributed by atoms with E-state index in [4.69, 9.17) is 0 Å². The molecule has 1 aliphatic heterocycles. The summed E-state index contributed by atoms with van der Waals surface area (Å²) in [7, 11) is 0. The van der Waals surface area contributed by atoms with Gasteiger partial charge in [0.25, 0.3) is 0 Å². The molecule has 1 unspecified atom stereocenters. The Morgan fingerprint density at radius 1 is 1.44 bits per heavy atom. The highest BCUT2D eigenvalue weighted by molar-refractivity contribution is 5.87. The third kappa shape index (κ3) is 2.35. The Balaban J connectivity index is 2.08. The molecule has 1 amide bonds. The first-order valence-electron chi connectivity index (χ1n) is 6.82. The number of para-hydroxylation sites is 1. The molecular formula is C15H22N2O. The summed E-state index contributed by atoms with van der Waals surface area (Å²) in [6, 6.07) is 8.39. The van der Waals surface area contributed by atoms with Crippen LogP contribution in [0.2, 0.25) is 0 Å². The molecule has 2 atom stereocenters. The zero-order valence-electron chi connectivity index (χ0n) is 11.4. The van der Waals surface area contributed by atoms with E-state index in [1.54, 1.807) is 0 Å². The van der Waals surface area contributed by atoms with Gasteiger partial charge in [-0.25, -0.2) is 0 Å². The number of anilines is 1. The number of hydrogen-bond donors (Lipinski definition) is 1. The summed E-state index contributed by atoms with van der Waals surface area (Å²) in [6.45, 7) is 7.06. The number of fused-ring (bicyclic) bond motifs is 1. The predicted octanol–water partition coefficient (Wildman–Crippen LogP) is 2.67. The lowest BCUT2D eigenvalue weighted by Crippen LogP contribution is -2.46. The second-order valence-electron chi connectivity index (χ2n) is 4.94. The van der Waals surface area contributed by atoms with Gasteiger partial charge in [0.05, 0.1) is 0 Å². The van der Waals surface area contributed by atoms with E-state index in [9.17, 15) is 4.79 Å². The van der Waals surface area contributed by atoms with E-state index < -0.39 is 0 Å². The van der Waals surface area contributed by atoms with Crippen LogP contribution in [0, 0.1) is 0 Å². The number of benzene rings is 1. The minimum Gasteiger partial charge on any atom is -0.373 e. The summed E-state index contributed by atoms with van der Waals surface area (Å²) < 4.78 is 0. The molecule has 1 N–H and O–H groups in total. The van der Waals surface area contributed by atoms with Crippen LogP contribution < -0.4 is 5.32 Å². The van der Waals surface area contributed by atoms with Crippen LogP contribution in [0.1, 0.15) is 32.8 Å². The Labute approximate surface area is 109 Å². The highest BCUT2D eigenvalue weighted by Gasteiger charge is 2.30. The van der Waals surface area contributed by atoms with Crippen LogP contribution in [0.4, 0.5) is 5.69 Å². The summed E-state index contributed by atoms with van der Waals surface area (Å²) in [5.74, 6) is 0.225. The summed E-state index contributed by atoms with van der Waals surface area (Å²) in [6.07, 6.45) is 1.81. The van der Waals surface area contributed by atoms with Crippen LogP contribution in [-0.2, 0) is 11.2 Å². The Morgan fingerprint density at radius 2 is 2.17 bits per heavy atom. The molecule has 0 spiro atoms. The van der Waals surface area contributed by atoms with Crippen molar-refractivity contribution >= 4 is 11.6 Å². The lowest BCUT2D eigenvalue weighted by Gasteiger charge is -2.29. The summed E-state index contributed by atoms with van der Waals surface area (Å²) in [5.41, 5.74) is 2.35. The third-order valence-corrected chi connectivity index (χ3v) is 3.82. The number of amides is 1. The van der Waals surface area contributed by atoms with E-state index in [1.165, 1.54) is 5.56 Å². The van der Waals surface area contributed by atoms with Gasteiger partial charge < -0.3 is 10.2 Å². The Bertz CT molecular complexity index is 405. The van der Waals surface area contributed by atoms with Gasteiger partial charge in [-0.3, -0.25) is 4.79 Å². The molecule has 0 saturated heterocycles. The molecule has 98 valence electrons. The summed E-state index contributed by atoms with van der Waals surface area (Å²) in [5, 5.41) is 3.34. The number of carbonyl (C=O) groups excluding carboxylic acids is 1. The van der Waals surface area contributed by atoms with E-state index >= 15 is 0 Å². The Kier molecular flexibility index (Phi) is 3.90. The smallest absolute Gasteiger partial charge is 0.245 e. The number of carbonyl (C=O) groups is 1. The maximum absolute atomic E-state index is 12.5. The first kappa shape index (κ1) is 12.9. The molecule has 0 saturated carbocycles. The number of hydrogen-bond acceptors (Lipinski definition) is 2. The molecule has 0 fully saturated rings. The first-order chi connectivity index (χ1) is 8.67. The molecule has 0 radical (unpaired) electrons. The van der Waals surface area contributed by atoms with Gasteiger partial charge in [0.2, 0.25) is 5.91 Å². The van der Waals surface area contributed by atoms with Gasteiger partial charge in [-0.2, -0.15) is 0 Å². The summed E-state index contributed by atoms with van der Waals surface area (Å²) in [4.78, 5) is 14.5. The van der Waals surface area contributed by atoms with Gasteiger partial charge in [0.15, 0.2) is 0 Å². The van der Waals surface area contributed by atoms with Crippen molar-refractivity contribution in [3.8, 4) is 0 Å². The SMILES string of the molecule is CCC(C)N(CC)C(=O)[C@@H]1Cc2ccccc2N1. The monoisotopic (exact) mass is 246 g/mol. The van der Waals surface area contributed by atoms with Gasteiger partial charge in [-0.05, 0) is 31.9 Å². The van der Waals surface area contributed by atoms with Crippen molar-refractivity contribution in [1.29, 1.82) is 0 Å². The largest absolute Gasteiger partial charge is 0.373 e. The molecule has 0 bridgehead atoms. The van der Waals surface area contributed by atoms with Gasteiger partial charge in [-0.1, -0.05) is 25.1 Å². The Hall–Kier alpha value is -1.51. The minimum absolute atomic E-state index is 0.0867. The number of likely N-dealkylation sites (N-methyl/N-ethyl adjacent to an activating group) is 1. The lowest BCUT2D eigenvalue weighted by molar-refractivity contribution is -0.133. The van der Waals surface area contributed by atoms with Crippen LogP contribution >= 0.6 is 0 Å². The van der Waals surface area contributed by atoms with Gasteiger partial charge >= 0.3 is 0 Å². The maximum Gasteiger partial charge on any atom is 0.245 e. The van der Waals surface area contributed by atoms with Crippen molar-refractivity contribution < 1.29 is 4.79 Å². The second kappa shape index (κ2) is 5.42. The average molecular weight is 246 g/mol. The van der Waals surface area contributed by atoms with Crippen LogP contribution in [0.25, 0.3) is 0 Å². The fourth-order valence-electron chi connectivity index (χ4n) is 2.55. The molecular weight excluding hydrogens is 224 g/mol. The zero-order valence-corrected chi connectivity index (χ0v) is 11.4. The quantitative estimate of drug-likeness (QED) is 0.886. The lowest BCUT2D eigenvalue weighted by atomic mass is 10.1. The van der Waals surface area contributed by atoms with Gasteiger partial charge in [0, 0.05) is 24.7 Å². The topological polar surface area (TPSA) is 32.3 Å². The molecule has 0 aromatic heterocycles. The predicted molar refractivity (Wildman–Crippen MR) is 74.7 cm³/mol. The molecule has 1 aromatic carbocycles. The van der Waals surface area contributed by atoms with Crippen LogP contribution in [0.15, 0.2) is 24.3 Å². The number of nitrogens with zero attached hydrogens (tertiary/aromatic N) is 1. The fourth-order valence-corrected chi connectivity index (χ4v) is 2.55. The molecule has 1 aliphatic rings. The highest BCUT2D eigenvalue weighted by atomic mass is 16.2. The molecule has 18 heavy (non-hydrogen) atoms. The van der Waals surface area contributed by atoms with E-state index in [-0.39, 0.29) is 11.9 Å². The molecule has 3 nitrogen and oxygen atoms in total. The normalized spacial score (nSPS) is 18.9. The van der Waals surface area contributed by atoms with Crippen LogP contribution in [-0.4, -0.2) is 29.4 Å². The molecule has 0 aliphatic carbocycles. The van der Waals surface area contributed by atoms with E-state index in [0.717, 1.165) is 25.1 Å². The van der Waals surface area contributed by atoms with Gasteiger partial charge in [-0.15, -0.1) is 0 Å². The zero-order chi connectivity index (χ0) is 13.1. The molecule has 3 heteroatoms. The molecule has 2 rings (SSSR count). The van der Waals surface area contributed by atoms with Crippen molar-refractivity contribution in [3.63, 3.8) is 0 Å². The highest BCUT2D eigenvalue weighted by Crippen LogP contribution is 2.26. The van der Waals surface area contributed by atoms with Crippen molar-refractivity contribution in [2.45, 2.75) is 45.7 Å². The van der Waals surface area contributed by atoms with E-state index in [1.807, 2.05) is 30.0 Å². The standard InChI is InChI=1S/C15H22N2O/c1-4-11(3)17(5-2)15(18)14-10-12-8-6-7-9-13(12)16-14/h6-9,11,14,16H,4-5,10H2,1-3H3/t11?,14-/m0/s1. The van der Waals surface area contributed by atoms with Crippen molar-refractivity contribution in [2.75, 3.05) is 11.9 Å².